The van der Waals surface area contributed by atoms with E-state index in [4.69, 9.17) is 6.42 Å². The molecule has 5 nitrogen and oxygen atoms in total. The molecule has 5 heteroatoms. The lowest BCUT2D eigenvalue weighted by atomic mass is 10.4. The van der Waals surface area contributed by atoms with Crippen molar-refractivity contribution in [2.24, 2.45) is 0 Å². The van der Waals surface area contributed by atoms with Gasteiger partial charge in [0, 0.05) is 19.9 Å². The van der Waals surface area contributed by atoms with E-state index < -0.39 is 4.92 Å². The molecular weight excluding hydrogens is 170 g/mol. The van der Waals surface area contributed by atoms with Gasteiger partial charge in [-0.2, -0.15) is 0 Å². The summed E-state index contributed by atoms with van der Waals surface area (Å²) >= 11 is 0. The number of imidazole rings is 1. The summed E-state index contributed by atoms with van der Waals surface area (Å²) in [7, 11) is 0. The molecule has 0 N–H and O–H groups in total. The van der Waals surface area contributed by atoms with Crippen LogP contribution >= 0.6 is 0 Å². The summed E-state index contributed by atoms with van der Waals surface area (Å²) in [6, 6.07) is 0. The second-order valence-electron chi connectivity index (χ2n) is 2.55. The molecule has 0 amide bonds. The summed E-state index contributed by atoms with van der Waals surface area (Å²) in [6.45, 7) is 2.28. The van der Waals surface area contributed by atoms with Gasteiger partial charge in [0.1, 0.15) is 6.20 Å². The third-order valence-electron chi connectivity index (χ3n) is 1.65. The van der Waals surface area contributed by atoms with Crippen LogP contribution in [-0.4, -0.2) is 14.5 Å². The number of hydrogen-bond acceptors (Lipinski definition) is 3. The Morgan fingerprint density at radius 3 is 3.00 bits per heavy atom. The third kappa shape index (κ3) is 2.06. The fraction of sp³-hybridized carbons (Fsp3) is 0.375. The SMILES string of the molecule is C#CCCn1cc([N+](=O)[O-])nc1C. The van der Waals surface area contributed by atoms with Crippen LogP contribution in [0.5, 0.6) is 0 Å². The largest absolute Gasteiger partial charge is 0.381 e. The van der Waals surface area contributed by atoms with E-state index in [1.54, 1.807) is 11.5 Å². The lowest BCUT2D eigenvalue weighted by molar-refractivity contribution is -0.389. The van der Waals surface area contributed by atoms with E-state index in [1.807, 2.05) is 0 Å². The molecule has 0 atom stereocenters. The van der Waals surface area contributed by atoms with E-state index in [0.717, 1.165) is 0 Å². The van der Waals surface area contributed by atoms with Crippen LogP contribution in [-0.2, 0) is 6.54 Å². The maximum absolute atomic E-state index is 10.3. The first-order valence-electron chi connectivity index (χ1n) is 3.76. The van der Waals surface area contributed by atoms with Crippen molar-refractivity contribution in [3.05, 3.63) is 22.1 Å². The van der Waals surface area contributed by atoms with Crippen molar-refractivity contribution in [1.29, 1.82) is 0 Å². The zero-order valence-electron chi connectivity index (χ0n) is 7.23. The Morgan fingerprint density at radius 1 is 1.85 bits per heavy atom. The van der Waals surface area contributed by atoms with Crippen LogP contribution in [0.25, 0.3) is 0 Å². The van der Waals surface area contributed by atoms with Crippen molar-refractivity contribution in [2.45, 2.75) is 19.9 Å². The molecule has 13 heavy (non-hydrogen) atoms. The highest BCUT2D eigenvalue weighted by Crippen LogP contribution is 2.10. The monoisotopic (exact) mass is 179 g/mol. The first-order valence-corrected chi connectivity index (χ1v) is 3.76. The third-order valence-corrected chi connectivity index (χ3v) is 1.65. The van der Waals surface area contributed by atoms with Crippen molar-refractivity contribution >= 4 is 5.82 Å². The zero-order valence-corrected chi connectivity index (χ0v) is 7.23. The topological polar surface area (TPSA) is 61.0 Å². The predicted octanol–water partition coefficient (Wildman–Crippen LogP) is 1.12. The molecule has 0 unspecified atom stereocenters. The summed E-state index contributed by atoms with van der Waals surface area (Å²) in [4.78, 5) is 13.6. The van der Waals surface area contributed by atoms with E-state index in [0.29, 0.717) is 18.8 Å². The number of nitro groups is 1. The molecular formula is C8H9N3O2. The fourth-order valence-electron chi connectivity index (χ4n) is 0.991. The average molecular weight is 179 g/mol. The van der Waals surface area contributed by atoms with Crippen LogP contribution in [0.3, 0.4) is 0 Å². The van der Waals surface area contributed by atoms with E-state index in [1.165, 1.54) is 6.20 Å². The molecule has 1 aromatic heterocycles. The Kier molecular flexibility index (Phi) is 2.65. The van der Waals surface area contributed by atoms with Gasteiger partial charge in [0.2, 0.25) is 5.82 Å². The fourth-order valence-corrected chi connectivity index (χ4v) is 0.991. The highest BCUT2D eigenvalue weighted by Gasteiger charge is 2.13. The average Bonchev–Trinajstić information content (AvgIpc) is 2.44. The normalized spacial score (nSPS) is 9.54. The molecule has 1 rings (SSSR count). The molecule has 0 aliphatic heterocycles. The molecule has 0 aliphatic rings. The Labute approximate surface area is 75.5 Å². The standard InChI is InChI=1S/C8H9N3O2/c1-3-4-5-10-6-8(11(12)13)9-7(10)2/h1,6H,4-5H2,2H3. The highest BCUT2D eigenvalue weighted by atomic mass is 16.6. The maximum Gasteiger partial charge on any atom is 0.381 e. The van der Waals surface area contributed by atoms with Gasteiger partial charge in [-0.3, -0.25) is 0 Å². The first kappa shape index (κ1) is 9.26. The van der Waals surface area contributed by atoms with Crippen LogP contribution in [0.1, 0.15) is 12.2 Å². The van der Waals surface area contributed by atoms with Crippen LogP contribution < -0.4 is 0 Å². The molecule has 0 aliphatic carbocycles. The number of aromatic nitrogens is 2. The highest BCUT2D eigenvalue weighted by molar-refractivity contribution is 5.16. The molecule has 1 aromatic rings. The van der Waals surface area contributed by atoms with E-state index in [2.05, 4.69) is 10.9 Å². The van der Waals surface area contributed by atoms with E-state index in [-0.39, 0.29) is 5.82 Å². The molecule has 0 spiro atoms. The van der Waals surface area contributed by atoms with Crippen LogP contribution in [0.4, 0.5) is 5.82 Å². The van der Waals surface area contributed by atoms with E-state index >= 15 is 0 Å². The quantitative estimate of drug-likeness (QED) is 0.397. The predicted molar refractivity (Wildman–Crippen MR) is 47.1 cm³/mol. The van der Waals surface area contributed by atoms with Gasteiger partial charge in [0.05, 0.1) is 0 Å². The minimum absolute atomic E-state index is 0.130. The number of terminal acetylenes is 1. The Bertz CT molecular complexity index is 362. The van der Waals surface area contributed by atoms with Crippen molar-refractivity contribution in [3.63, 3.8) is 0 Å². The lowest BCUT2D eigenvalue weighted by Crippen LogP contribution is -1.97. The maximum atomic E-state index is 10.3. The first-order chi connectivity index (χ1) is 6.15. The molecule has 0 radical (unpaired) electrons. The second kappa shape index (κ2) is 3.72. The van der Waals surface area contributed by atoms with Crippen molar-refractivity contribution in [2.75, 3.05) is 0 Å². The zero-order chi connectivity index (χ0) is 9.84. The van der Waals surface area contributed by atoms with Crippen molar-refractivity contribution < 1.29 is 4.92 Å². The van der Waals surface area contributed by atoms with Crippen LogP contribution in [0, 0.1) is 29.4 Å². The smallest absolute Gasteiger partial charge is 0.358 e. The molecule has 1 heterocycles. The van der Waals surface area contributed by atoms with E-state index in [9.17, 15) is 10.1 Å². The summed E-state index contributed by atoms with van der Waals surface area (Å²) in [5.74, 6) is 2.95. The van der Waals surface area contributed by atoms with Gasteiger partial charge in [0.15, 0.2) is 0 Å². The minimum Gasteiger partial charge on any atom is -0.358 e. The second-order valence-corrected chi connectivity index (χ2v) is 2.55. The summed E-state index contributed by atoms with van der Waals surface area (Å²) in [5.41, 5.74) is 0. The van der Waals surface area contributed by atoms with Gasteiger partial charge >= 0.3 is 5.82 Å². The van der Waals surface area contributed by atoms with Gasteiger partial charge in [-0.1, -0.05) is 0 Å². The number of aryl methyl sites for hydroxylation is 2. The van der Waals surface area contributed by atoms with Crippen LogP contribution in [0.2, 0.25) is 0 Å². The lowest BCUT2D eigenvalue weighted by Gasteiger charge is -1.95. The summed E-state index contributed by atoms with van der Waals surface area (Å²) < 4.78 is 1.68. The molecule has 0 saturated heterocycles. The summed E-state index contributed by atoms with van der Waals surface area (Å²) in [5, 5.41) is 10.3. The summed E-state index contributed by atoms with van der Waals surface area (Å²) in [6.07, 6.45) is 7.02. The van der Waals surface area contributed by atoms with Crippen molar-refractivity contribution in [1.82, 2.24) is 9.55 Å². The number of rotatable bonds is 3. The Morgan fingerprint density at radius 2 is 2.54 bits per heavy atom. The molecule has 0 saturated carbocycles. The molecule has 0 aromatic carbocycles. The minimum atomic E-state index is -0.515. The Balaban J connectivity index is 2.85. The number of hydrogen-bond donors (Lipinski definition) is 0. The van der Waals surface area contributed by atoms with Gasteiger partial charge in [-0.15, -0.1) is 12.3 Å². The van der Waals surface area contributed by atoms with Crippen molar-refractivity contribution in [3.8, 4) is 12.3 Å². The molecule has 0 fully saturated rings. The Hall–Kier alpha value is -1.83. The van der Waals surface area contributed by atoms with Gasteiger partial charge in [-0.25, -0.2) is 0 Å². The number of nitrogens with zero attached hydrogens (tertiary/aromatic N) is 3. The van der Waals surface area contributed by atoms with Gasteiger partial charge in [-0.05, 0) is 9.91 Å². The van der Waals surface area contributed by atoms with Crippen LogP contribution in [0.15, 0.2) is 6.20 Å². The molecule has 68 valence electrons. The molecule has 0 bridgehead atoms. The van der Waals surface area contributed by atoms with Gasteiger partial charge in [0.25, 0.3) is 0 Å². The van der Waals surface area contributed by atoms with Gasteiger partial charge < -0.3 is 14.7 Å².